The molecule has 0 saturated heterocycles. The minimum Gasteiger partial charge on any atom is -0.326 e. The summed E-state index contributed by atoms with van der Waals surface area (Å²) in [7, 11) is 0. The lowest BCUT2D eigenvalue weighted by Crippen LogP contribution is -2.08. The van der Waals surface area contributed by atoms with Gasteiger partial charge in [0.15, 0.2) is 0 Å². The van der Waals surface area contributed by atoms with Crippen molar-refractivity contribution in [3.05, 3.63) is 33.7 Å². The zero-order valence-electron chi connectivity index (χ0n) is 7.14. The SMILES string of the molecule is Cc1cc(C(C)C)[nH]c(=O)c1. The summed E-state index contributed by atoms with van der Waals surface area (Å²) in [4.78, 5) is 13.8. The van der Waals surface area contributed by atoms with E-state index in [4.69, 9.17) is 0 Å². The van der Waals surface area contributed by atoms with E-state index in [0.29, 0.717) is 5.92 Å². The Kier molecular flexibility index (Phi) is 2.13. The molecule has 2 heteroatoms. The van der Waals surface area contributed by atoms with Crippen molar-refractivity contribution in [3.8, 4) is 0 Å². The second kappa shape index (κ2) is 2.91. The Balaban J connectivity index is 3.19. The highest BCUT2D eigenvalue weighted by atomic mass is 16.1. The second-order valence-corrected chi connectivity index (χ2v) is 3.13. The Morgan fingerprint density at radius 3 is 2.45 bits per heavy atom. The minimum absolute atomic E-state index is 0.00583. The Morgan fingerprint density at radius 1 is 1.36 bits per heavy atom. The summed E-state index contributed by atoms with van der Waals surface area (Å²) in [6.45, 7) is 6.05. The van der Waals surface area contributed by atoms with Gasteiger partial charge in [-0.15, -0.1) is 0 Å². The van der Waals surface area contributed by atoms with E-state index in [0.717, 1.165) is 11.3 Å². The van der Waals surface area contributed by atoms with Gasteiger partial charge in [0.05, 0.1) is 0 Å². The third kappa shape index (κ3) is 1.93. The number of H-pyrrole nitrogens is 1. The van der Waals surface area contributed by atoms with Gasteiger partial charge in [0.1, 0.15) is 0 Å². The Labute approximate surface area is 66.3 Å². The molecule has 0 aliphatic heterocycles. The second-order valence-electron chi connectivity index (χ2n) is 3.13. The molecule has 1 aromatic heterocycles. The molecule has 0 spiro atoms. The van der Waals surface area contributed by atoms with E-state index >= 15 is 0 Å². The number of rotatable bonds is 1. The molecular weight excluding hydrogens is 138 g/mol. The maximum absolute atomic E-state index is 11.0. The lowest BCUT2D eigenvalue weighted by atomic mass is 10.1. The van der Waals surface area contributed by atoms with Gasteiger partial charge in [0, 0.05) is 11.8 Å². The summed E-state index contributed by atoms with van der Waals surface area (Å²) in [5, 5.41) is 0. The van der Waals surface area contributed by atoms with Gasteiger partial charge in [-0.2, -0.15) is 0 Å². The number of nitrogens with one attached hydrogen (secondary N) is 1. The van der Waals surface area contributed by atoms with Gasteiger partial charge in [0.25, 0.3) is 0 Å². The van der Waals surface area contributed by atoms with E-state index in [1.807, 2.05) is 13.0 Å². The van der Waals surface area contributed by atoms with Crippen LogP contribution in [0.25, 0.3) is 0 Å². The molecular formula is C9H13NO. The predicted molar refractivity (Wildman–Crippen MR) is 45.9 cm³/mol. The number of hydrogen-bond acceptors (Lipinski definition) is 1. The molecule has 0 unspecified atom stereocenters. The fourth-order valence-corrected chi connectivity index (χ4v) is 1.02. The number of hydrogen-bond donors (Lipinski definition) is 1. The highest BCUT2D eigenvalue weighted by Crippen LogP contribution is 2.09. The Bertz CT molecular complexity index is 299. The molecule has 0 radical (unpaired) electrons. The molecule has 60 valence electrons. The van der Waals surface area contributed by atoms with Crippen LogP contribution >= 0.6 is 0 Å². The molecule has 0 aliphatic rings. The first-order valence-electron chi connectivity index (χ1n) is 3.80. The van der Waals surface area contributed by atoms with Crippen LogP contribution < -0.4 is 5.56 Å². The van der Waals surface area contributed by atoms with Crippen LogP contribution in [0.4, 0.5) is 0 Å². The average Bonchev–Trinajstić information content (AvgIpc) is 1.85. The average molecular weight is 151 g/mol. The van der Waals surface area contributed by atoms with Crippen molar-refractivity contribution in [1.82, 2.24) is 4.98 Å². The lowest BCUT2D eigenvalue weighted by molar-refractivity contribution is 0.813. The molecule has 0 saturated carbocycles. The van der Waals surface area contributed by atoms with Crippen molar-refractivity contribution in [2.24, 2.45) is 0 Å². The fraction of sp³-hybridized carbons (Fsp3) is 0.444. The number of aromatic nitrogens is 1. The number of aryl methyl sites for hydroxylation is 1. The molecule has 0 amide bonds. The molecule has 0 bridgehead atoms. The molecule has 0 aromatic carbocycles. The molecule has 1 rings (SSSR count). The third-order valence-corrected chi connectivity index (χ3v) is 1.63. The molecule has 11 heavy (non-hydrogen) atoms. The zero-order chi connectivity index (χ0) is 8.43. The summed E-state index contributed by atoms with van der Waals surface area (Å²) in [5.41, 5.74) is 2.03. The molecule has 0 aliphatic carbocycles. The van der Waals surface area contributed by atoms with Crippen LogP contribution in [-0.4, -0.2) is 4.98 Å². The van der Waals surface area contributed by atoms with E-state index in [-0.39, 0.29) is 5.56 Å². The molecule has 0 atom stereocenters. The van der Waals surface area contributed by atoms with Crippen molar-refractivity contribution in [2.45, 2.75) is 26.7 Å². The first-order valence-corrected chi connectivity index (χ1v) is 3.80. The Hall–Kier alpha value is -1.05. The van der Waals surface area contributed by atoms with E-state index in [2.05, 4.69) is 18.8 Å². The molecule has 0 fully saturated rings. The molecule has 1 aromatic rings. The highest BCUT2D eigenvalue weighted by Gasteiger charge is 1.99. The largest absolute Gasteiger partial charge is 0.326 e. The summed E-state index contributed by atoms with van der Waals surface area (Å²) in [6, 6.07) is 3.61. The van der Waals surface area contributed by atoms with Crippen LogP contribution in [0.3, 0.4) is 0 Å². The van der Waals surface area contributed by atoms with E-state index < -0.39 is 0 Å². The van der Waals surface area contributed by atoms with Crippen molar-refractivity contribution >= 4 is 0 Å². The van der Waals surface area contributed by atoms with Crippen LogP contribution in [-0.2, 0) is 0 Å². The van der Waals surface area contributed by atoms with Gasteiger partial charge in [-0.3, -0.25) is 4.79 Å². The maximum atomic E-state index is 11.0. The Morgan fingerprint density at radius 2 is 2.00 bits per heavy atom. The van der Waals surface area contributed by atoms with Gasteiger partial charge in [-0.25, -0.2) is 0 Å². The van der Waals surface area contributed by atoms with Crippen LogP contribution in [0.5, 0.6) is 0 Å². The predicted octanol–water partition coefficient (Wildman–Crippen LogP) is 1.81. The summed E-state index contributed by atoms with van der Waals surface area (Å²) >= 11 is 0. The van der Waals surface area contributed by atoms with Crippen LogP contribution in [0.1, 0.15) is 31.0 Å². The topological polar surface area (TPSA) is 32.9 Å². The zero-order valence-corrected chi connectivity index (χ0v) is 7.14. The van der Waals surface area contributed by atoms with Crippen molar-refractivity contribution in [2.75, 3.05) is 0 Å². The van der Waals surface area contributed by atoms with Crippen molar-refractivity contribution in [3.63, 3.8) is 0 Å². The van der Waals surface area contributed by atoms with Gasteiger partial charge < -0.3 is 4.98 Å². The molecule has 2 nitrogen and oxygen atoms in total. The van der Waals surface area contributed by atoms with E-state index in [1.54, 1.807) is 6.07 Å². The number of pyridine rings is 1. The summed E-state index contributed by atoms with van der Waals surface area (Å²) in [5.74, 6) is 0.391. The van der Waals surface area contributed by atoms with E-state index in [9.17, 15) is 4.79 Å². The van der Waals surface area contributed by atoms with Gasteiger partial charge in [-0.1, -0.05) is 13.8 Å². The standard InChI is InChI=1S/C9H13NO/c1-6(2)8-4-7(3)5-9(11)10-8/h4-6H,1-3H3,(H,10,11). The summed E-state index contributed by atoms with van der Waals surface area (Å²) in [6.07, 6.45) is 0. The number of aromatic amines is 1. The van der Waals surface area contributed by atoms with E-state index in [1.165, 1.54) is 0 Å². The van der Waals surface area contributed by atoms with Gasteiger partial charge >= 0.3 is 0 Å². The van der Waals surface area contributed by atoms with Gasteiger partial charge in [-0.05, 0) is 24.5 Å². The fourth-order valence-electron chi connectivity index (χ4n) is 1.02. The molecule has 1 heterocycles. The van der Waals surface area contributed by atoms with Crippen LogP contribution in [0.15, 0.2) is 16.9 Å². The highest BCUT2D eigenvalue weighted by molar-refractivity contribution is 5.16. The summed E-state index contributed by atoms with van der Waals surface area (Å²) < 4.78 is 0. The lowest BCUT2D eigenvalue weighted by Gasteiger charge is -2.04. The van der Waals surface area contributed by atoms with Gasteiger partial charge in [0.2, 0.25) is 5.56 Å². The smallest absolute Gasteiger partial charge is 0.248 e. The van der Waals surface area contributed by atoms with Crippen LogP contribution in [0.2, 0.25) is 0 Å². The van der Waals surface area contributed by atoms with Crippen molar-refractivity contribution in [1.29, 1.82) is 0 Å². The minimum atomic E-state index is -0.00583. The maximum Gasteiger partial charge on any atom is 0.248 e. The quantitative estimate of drug-likeness (QED) is 0.652. The van der Waals surface area contributed by atoms with Crippen molar-refractivity contribution < 1.29 is 0 Å². The monoisotopic (exact) mass is 151 g/mol. The first-order chi connectivity index (χ1) is 5.09. The normalized spacial score (nSPS) is 10.5. The molecule has 1 N–H and O–H groups in total. The first kappa shape index (κ1) is 8.05. The third-order valence-electron chi connectivity index (χ3n) is 1.63. The van der Waals surface area contributed by atoms with Crippen LogP contribution in [0, 0.1) is 6.92 Å².